The molecule has 0 aliphatic heterocycles. The van der Waals surface area contributed by atoms with Crippen LogP contribution >= 0.6 is 0 Å². The minimum absolute atomic E-state index is 0.0157. The Morgan fingerprint density at radius 2 is 1.74 bits per heavy atom. The number of hydrogen-bond acceptors (Lipinski definition) is 5. The van der Waals surface area contributed by atoms with Gasteiger partial charge in [-0.25, -0.2) is 13.1 Å². The van der Waals surface area contributed by atoms with Gasteiger partial charge in [0.25, 0.3) is 0 Å². The van der Waals surface area contributed by atoms with Crippen LogP contribution in [-0.2, 0) is 26.2 Å². The molecule has 0 bridgehead atoms. The van der Waals surface area contributed by atoms with Gasteiger partial charge >= 0.3 is 12.6 Å². The van der Waals surface area contributed by atoms with Gasteiger partial charge < -0.3 is 9.47 Å². The molecule has 0 aliphatic rings. The summed E-state index contributed by atoms with van der Waals surface area (Å²) in [5.74, 6) is -0.794. The van der Waals surface area contributed by atoms with E-state index in [1.54, 1.807) is 30.3 Å². The van der Waals surface area contributed by atoms with E-state index in [0.717, 1.165) is 5.41 Å². The first kappa shape index (κ1) is 20.5. The molecule has 27 heavy (non-hydrogen) atoms. The Morgan fingerprint density at radius 3 is 2.37 bits per heavy atom. The minimum Gasteiger partial charge on any atom is -0.460 e. The number of benzene rings is 2. The molecular formula is C18H17F2NO5S. The Morgan fingerprint density at radius 1 is 1.07 bits per heavy atom. The summed E-state index contributed by atoms with van der Waals surface area (Å²) in [6.45, 7) is -3.58. The lowest BCUT2D eigenvalue weighted by Gasteiger charge is -2.07. The summed E-state index contributed by atoms with van der Waals surface area (Å²) in [6.07, 6.45) is 1.40. The predicted molar refractivity (Wildman–Crippen MR) is 95.3 cm³/mol. The zero-order valence-corrected chi connectivity index (χ0v) is 14.9. The molecule has 0 radical (unpaired) electrons. The predicted octanol–water partition coefficient (Wildman–Crippen LogP) is 2.92. The van der Waals surface area contributed by atoms with Crippen LogP contribution in [-0.4, -0.2) is 27.5 Å². The van der Waals surface area contributed by atoms with Gasteiger partial charge in [0.15, 0.2) is 0 Å². The van der Waals surface area contributed by atoms with Gasteiger partial charge in [-0.05, 0) is 29.3 Å². The third-order valence-corrected chi connectivity index (χ3v) is 4.25. The number of halogens is 2. The first-order valence-corrected chi connectivity index (χ1v) is 9.31. The Labute approximate surface area is 155 Å². The Hall–Kier alpha value is -2.78. The molecule has 2 rings (SSSR count). The average molecular weight is 397 g/mol. The second-order valence-corrected chi connectivity index (χ2v) is 6.91. The normalized spacial score (nSPS) is 11.7. The van der Waals surface area contributed by atoms with Crippen LogP contribution in [0.5, 0.6) is 5.75 Å². The SMILES string of the molecule is O=C(CNS(=O)(=O)/C=C/c1ccccc1)OCc1ccc(OC(F)F)cc1. The van der Waals surface area contributed by atoms with Gasteiger partial charge in [-0.3, -0.25) is 4.79 Å². The highest BCUT2D eigenvalue weighted by molar-refractivity contribution is 7.92. The van der Waals surface area contributed by atoms with Crippen molar-refractivity contribution in [2.75, 3.05) is 6.54 Å². The highest BCUT2D eigenvalue weighted by Crippen LogP contribution is 2.15. The van der Waals surface area contributed by atoms with E-state index in [4.69, 9.17) is 4.74 Å². The maximum Gasteiger partial charge on any atom is 0.387 e. The lowest BCUT2D eigenvalue weighted by Crippen LogP contribution is -2.29. The molecule has 0 aliphatic carbocycles. The van der Waals surface area contributed by atoms with Crippen LogP contribution in [0.2, 0.25) is 0 Å². The molecule has 0 unspecified atom stereocenters. The fourth-order valence-corrected chi connectivity index (χ4v) is 2.67. The lowest BCUT2D eigenvalue weighted by molar-refractivity contribution is -0.143. The lowest BCUT2D eigenvalue weighted by atomic mass is 10.2. The average Bonchev–Trinajstić information content (AvgIpc) is 2.65. The van der Waals surface area contributed by atoms with Crippen LogP contribution in [0.1, 0.15) is 11.1 Å². The van der Waals surface area contributed by atoms with Crippen molar-refractivity contribution in [3.05, 3.63) is 71.1 Å². The van der Waals surface area contributed by atoms with E-state index in [0.29, 0.717) is 11.1 Å². The summed E-state index contributed by atoms with van der Waals surface area (Å²) >= 11 is 0. The third-order valence-electron chi connectivity index (χ3n) is 3.21. The molecule has 144 valence electrons. The van der Waals surface area contributed by atoms with Crippen LogP contribution < -0.4 is 9.46 Å². The summed E-state index contributed by atoms with van der Waals surface area (Å²) in [5, 5.41) is 0.956. The second kappa shape index (κ2) is 9.79. The monoisotopic (exact) mass is 397 g/mol. The van der Waals surface area contributed by atoms with Crippen molar-refractivity contribution in [2.24, 2.45) is 0 Å². The zero-order chi connectivity index (χ0) is 19.7. The quantitative estimate of drug-likeness (QED) is 0.658. The summed E-state index contributed by atoms with van der Waals surface area (Å²) in [4.78, 5) is 11.7. The fraction of sp³-hybridized carbons (Fsp3) is 0.167. The first-order chi connectivity index (χ1) is 12.8. The van der Waals surface area contributed by atoms with E-state index in [2.05, 4.69) is 9.46 Å². The number of carbonyl (C=O) groups excluding carboxylic acids is 1. The topological polar surface area (TPSA) is 81.7 Å². The van der Waals surface area contributed by atoms with Crippen LogP contribution in [0, 0.1) is 0 Å². The number of esters is 1. The van der Waals surface area contributed by atoms with E-state index in [1.165, 1.54) is 30.3 Å². The number of carbonyl (C=O) groups is 1. The van der Waals surface area contributed by atoms with E-state index in [1.807, 2.05) is 0 Å². The number of sulfonamides is 1. The Bertz CT molecular complexity index is 868. The summed E-state index contributed by atoms with van der Waals surface area (Å²) in [5.41, 5.74) is 1.24. The standard InChI is InChI=1S/C18H17F2NO5S/c19-18(20)26-16-8-6-15(7-9-16)13-25-17(22)12-21-27(23,24)11-10-14-4-2-1-3-5-14/h1-11,18,21H,12-13H2/b11-10+. The number of ether oxygens (including phenoxy) is 2. The molecule has 2 aromatic rings. The van der Waals surface area contributed by atoms with Crippen LogP contribution in [0.15, 0.2) is 60.0 Å². The Balaban J connectivity index is 1.77. The fourth-order valence-electron chi connectivity index (χ4n) is 1.92. The van der Waals surface area contributed by atoms with Gasteiger partial charge in [0.1, 0.15) is 18.9 Å². The highest BCUT2D eigenvalue weighted by atomic mass is 32.2. The first-order valence-electron chi connectivity index (χ1n) is 7.76. The van der Waals surface area contributed by atoms with Gasteiger partial charge in [0, 0.05) is 5.41 Å². The molecule has 0 saturated carbocycles. The Kier molecular flexibility index (Phi) is 7.44. The second-order valence-electron chi connectivity index (χ2n) is 5.26. The van der Waals surface area contributed by atoms with E-state index >= 15 is 0 Å². The van der Waals surface area contributed by atoms with Crippen LogP contribution in [0.25, 0.3) is 6.08 Å². The van der Waals surface area contributed by atoms with Gasteiger partial charge in [-0.15, -0.1) is 0 Å². The van der Waals surface area contributed by atoms with E-state index in [9.17, 15) is 22.0 Å². The minimum atomic E-state index is -3.79. The van der Waals surface area contributed by atoms with Gasteiger partial charge in [-0.1, -0.05) is 42.5 Å². The molecule has 0 heterocycles. The number of rotatable bonds is 9. The molecule has 0 spiro atoms. The highest BCUT2D eigenvalue weighted by Gasteiger charge is 2.10. The van der Waals surface area contributed by atoms with Gasteiger partial charge in [0.2, 0.25) is 10.0 Å². The summed E-state index contributed by atoms with van der Waals surface area (Å²) in [6, 6.07) is 14.3. The van der Waals surface area contributed by atoms with Crippen molar-refractivity contribution in [3.63, 3.8) is 0 Å². The number of alkyl halides is 2. The molecule has 0 amide bonds. The van der Waals surface area contributed by atoms with Crippen molar-refractivity contribution >= 4 is 22.1 Å². The molecule has 2 aromatic carbocycles. The van der Waals surface area contributed by atoms with Gasteiger partial charge in [-0.2, -0.15) is 8.78 Å². The van der Waals surface area contributed by atoms with Crippen LogP contribution in [0.4, 0.5) is 8.78 Å². The summed E-state index contributed by atoms with van der Waals surface area (Å²) in [7, 11) is -3.79. The smallest absolute Gasteiger partial charge is 0.387 e. The molecular weight excluding hydrogens is 380 g/mol. The molecule has 0 saturated heterocycles. The van der Waals surface area contributed by atoms with Gasteiger partial charge in [0.05, 0.1) is 0 Å². The van der Waals surface area contributed by atoms with E-state index < -0.39 is 29.1 Å². The number of hydrogen-bond donors (Lipinski definition) is 1. The van der Waals surface area contributed by atoms with Crippen molar-refractivity contribution in [1.29, 1.82) is 0 Å². The van der Waals surface area contributed by atoms with Crippen molar-refractivity contribution in [2.45, 2.75) is 13.2 Å². The maximum atomic E-state index is 12.1. The van der Waals surface area contributed by atoms with E-state index in [-0.39, 0.29) is 12.4 Å². The van der Waals surface area contributed by atoms with Crippen molar-refractivity contribution in [3.8, 4) is 5.75 Å². The molecule has 9 heteroatoms. The largest absolute Gasteiger partial charge is 0.460 e. The number of nitrogens with one attached hydrogen (secondary N) is 1. The molecule has 0 fully saturated rings. The maximum absolute atomic E-state index is 12.1. The summed E-state index contributed by atoms with van der Waals surface area (Å²) < 4.78 is 59.0. The molecule has 0 aromatic heterocycles. The molecule has 0 atom stereocenters. The third kappa shape index (κ3) is 7.97. The zero-order valence-electron chi connectivity index (χ0n) is 14.0. The van der Waals surface area contributed by atoms with Crippen molar-refractivity contribution < 1.29 is 31.5 Å². The molecule has 6 nitrogen and oxygen atoms in total. The molecule has 1 N–H and O–H groups in total. The van der Waals surface area contributed by atoms with Crippen molar-refractivity contribution in [1.82, 2.24) is 4.72 Å². The van der Waals surface area contributed by atoms with Crippen LogP contribution in [0.3, 0.4) is 0 Å².